The molecule has 4 rings (SSSR count). The van der Waals surface area contributed by atoms with E-state index in [4.69, 9.17) is 4.74 Å². The van der Waals surface area contributed by atoms with Gasteiger partial charge in [-0.15, -0.1) is 0 Å². The minimum atomic E-state index is -1.23. The van der Waals surface area contributed by atoms with E-state index in [9.17, 15) is 20.4 Å². The molecule has 0 radical (unpaired) electrons. The predicted octanol–water partition coefficient (Wildman–Crippen LogP) is 0.0639. The lowest BCUT2D eigenvalue weighted by Crippen LogP contribution is -2.33. The second kappa shape index (κ2) is 7.32. The van der Waals surface area contributed by atoms with Gasteiger partial charge in [-0.05, 0) is 12.5 Å². The van der Waals surface area contributed by atoms with E-state index in [1.807, 2.05) is 25.1 Å². The first-order chi connectivity index (χ1) is 13.5. The van der Waals surface area contributed by atoms with Crippen molar-refractivity contribution in [3.63, 3.8) is 0 Å². The summed E-state index contributed by atoms with van der Waals surface area (Å²) >= 11 is 0. The number of aliphatic hydroxyl groups excluding tert-OH is 3. The van der Waals surface area contributed by atoms with Crippen molar-refractivity contribution in [2.75, 3.05) is 11.9 Å². The van der Waals surface area contributed by atoms with Crippen molar-refractivity contribution in [1.82, 2.24) is 19.5 Å². The number of aryl methyl sites for hydroxylation is 1. The predicted molar refractivity (Wildman–Crippen MR) is 98.5 cm³/mol. The van der Waals surface area contributed by atoms with Gasteiger partial charge in [0.1, 0.15) is 30.4 Å². The van der Waals surface area contributed by atoms with Crippen molar-refractivity contribution in [2.24, 2.45) is 0 Å². The Hall–Kier alpha value is -2.79. The Morgan fingerprint density at radius 2 is 2.00 bits per heavy atom. The van der Waals surface area contributed by atoms with Crippen LogP contribution in [0.3, 0.4) is 0 Å². The fraction of sp³-hybridized carbons (Fsp3) is 0.389. The number of imidazole rings is 1. The van der Waals surface area contributed by atoms with Crippen molar-refractivity contribution < 1.29 is 25.2 Å². The van der Waals surface area contributed by atoms with Crippen LogP contribution in [0.4, 0.5) is 5.82 Å². The van der Waals surface area contributed by atoms with Crippen LogP contribution >= 0.6 is 0 Å². The quantitative estimate of drug-likeness (QED) is 0.410. The summed E-state index contributed by atoms with van der Waals surface area (Å²) in [5, 5.41) is 42.8. The number of hydrogen-bond acceptors (Lipinski definition) is 9. The Balaban J connectivity index is 1.61. The smallest absolute Gasteiger partial charge is 0.167 e. The van der Waals surface area contributed by atoms with Gasteiger partial charge in [-0.1, -0.05) is 18.2 Å². The summed E-state index contributed by atoms with van der Waals surface area (Å²) in [6.07, 6.45) is -1.47. The van der Waals surface area contributed by atoms with Crippen LogP contribution in [0.5, 0.6) is 5.75 Å². The average Bonchev–Trinajstić information content (AvgIpc) is 3.25. The molecule has 1 fully saturated rings. The highest BCUT2D eigenvalue weighted by atomic mass is 16.6. The number of anilines is 1. The van der Waals surface area contributed by atoms with Crippen LogP contribution in [0, 0.1) is 6.92 Å². The molecule has 1 aliphatic heterocycles. The number of fused-ring (bicyclic) bond motifs is 1. The lowest BCUT2D eigenvalue weighted by molar-refractivity contribution is -0.0511. The van der Waals surface area contributed by atoms with Crippen molar-refractivity contribution in [2.45, 2.75) is 38.0 Å². The van der Waals surface area contributed by atoms with Crippen molar-refractivity contribution >= 4 is 17.0 Å². The number of rotatable bonds is 5. The van der Waals surface area contributed by atoms with E-state index in [2.05, 4.69) is 20.3 Å². The molecule has 1 aliphatic rings. The second-order valence-corrected chi connectivity index (χ2v) is 6.71. The molecule has 0 bridgehead atoms. The van der Waals surface area contributed by atoms with Gasteiger partial charge in [-0.3, -0.25) is 4.57 Å². The molecule has 148 valence electrons. The molecule has 28 heavy (non-hydrogen) atoms. The minimum absolute atomic E-state index is 0.220. The SMILES string of the molecule is Cc1cccc(CNc2ncnc3c2ncn3C2O[C@H](CO)[C@@H](O)[C@H]2O)c1O. The summed E-state index contributed by atoms with van der Waals surface area (Å²) < 4.78 is 7.04. The van der Waals surface area contributed by atoms with Gasteiger partial charge in [0.15, 0.2) is 23.2 Å². The third-order valence-corrected chi connectivity index (χ3v) is 4.92. The van der Waals surface area contributed by atoms with Gasteiger partial charge in [-0.25, -0.2) is 15.0 Å². The Kier molecular flexibility index (Phi) is 4.85. The number of ether oxygens (including phenoxy) is 1. The molecule has 0 spiro atoms. The summed E-state index contributed by atoms with van der Waals surface area (Å²) in [4.78, 5) is 12.7. The highest BCUT2D eigenvalue weighted by Crippen LogP contribution is 2.32. The molecule has 3 aromatic rings. The molecule has 0 saturated carbocycles. The summed E-state index contributed by atoms with van der Waals surface area (Å²) in [7, 11) is 0. The monoisotopic (exact) mass is 387 g/mol. The standard InChI is InChI=1S/C18H21N5O5/c1-9-3-2-4-10(13(9)25)5-19-16-12-17(21-7-20-16)23(8-22-12)18-15(27)14(26)11(6-24)28-18/h2-4,7-8,11,14-15,18,24-27H,5-6H2,1H3,(H,19,20,21)/t11-,14-,15-,18?/m1/s1. The van der Waals surface area contributed by atoms with Crippen LogP contribution < -0.4 is 5.32 Å². The lowest BCUT2D eigenvalue weighted by Gasteiger charge is -2.16. The van der Waals surface area contributed by atoms with Gasteiger partial charge < -0.3 is 30.5 Å². The second-order valence-electron chi connectivity index (χ2n) is 6.71. The molecule has 4 atom stereocenters. The molecule has 2 aromatic heterocycles. The molecule has 1 aromatic carbocycles. The van der Waals surface area contributed by atoms with Crippen molar-refractivity contribution in [3.8, 4) is 5.75 Å². The number of phenolic OH excluding ortho intramolecular Hbond substituents is 1. The van der Waals surface area contributed by atoms with E-state index in [0.717, 1.165) is 11.1 Å². The largest absolute Gasteiger partial charge is 0.507 e. The van der Waals surface area contributed by atoms with Crippen LogP contribution in [0.2, 0.25) is 0 Å². The fourth-order valence-electron chi connectivity index (χ4n) is 3.32. The van der Waals surface area contributed by atoms with Gasteiger partial charge in [0, 0.05) is 12.1 Å². The zero-order valence-electron chi connectivity index (χ0n) is 15.1. The molecule has 3 heterocycles. The Labute approximate surface area is 160 Å². The van der Waals surface area contributed by atoms with Gasteiger partial charge in [-0.2, -0.15) is 0 Å². The molecule has 0 amide bonds. The summed E-state index contributed by atoms with van der Waals surface area (Å²) in [6, 6.07) is 5.49. The maximum Gasteiger partial charge on any atom is 0.167 e. The molecule has 5 N–H and O–H groups in total. The van der Waals surface area contributed by atoms with Gasteiger partial charge in [0.25, 0.3) is 0 Å². The minimum Gasteiger partial charge on any atom is -0.507 e. The van der Waals surface area contributed by atoms with Gasteiger partial charge in [0.2, 0.25) is 0 Å². The number of nitrogens with zero attached hydrogens (tertiary/aromatic N) is 4. The molecular formula is C18H21N5O5. The summed E-state index contributed by atoms with van der Waals surface area (Å²) in [5.41, 5.74) is 2.35. The van der Waals surface area contributed by atoms with Gasteiger partial charge in [0.05, 0.1) is 12.9 Å². The number of aromatic nitrogens is 4. The number of phenols is 1. The molecule has 1 unspecified atom stereocenters. The molecular weight excluding hydrogens is 366 g/mol. The zero-order valence-corrected chi connectivity index (χ0v) is 15.1. The van der Waals surface area contributed by atoms with Crippen molar-refractivity contribution in [1.29, 1.82) is 0 Å². The maximum absolute atomic E-state index is 10.2. The van der Waals surface area contributed by atoms with E-state index in [0.29, 0.717) is 23.5 Å². The lowest BCUT2D eigenvalue weighted by atomic mass is 10.1. The van der Waals surface area contributed by atoms with E-state index >= 15 is 0 Å². The highest BCUT2D eigenvalue weighted by Gasteiger charge is 2.44. The number of hydrogen-bond donors (Lipinski definition) is 5. The summed E-state index contributed by atoms with van der Waals surface area (Å²) in [5.74, 6) is 0.675. The molecule has 10 nitrogen and oxygen atoms in total. The van der Waals surface area contributed by atoms with Crippen molar-refractivity contribution in [3.05, 3.63) is 42.0 Å². The van der Waals surface area contributed by atoms with E-state index in [1.54, 1.807) is 0 Å². The van der Waals surface area contributed by atoms with Crippen LogP contribution in [-0.2, 0) is 11.3 Å². The first kappa shape index (κ1) is 18.6. The number of aromatic hydroxyl groups is 1. The first-order valence-electron chi connectivity index (χ1n) is 8.82. The number of benzene rings is 1. The van der Waals surface area contributed by atoms with E-state index in [-0.39, 0.29) is 5.75 Å². The molecule has 10 heteroatoms. The number of para-hydroxylation sites is 1. The molecule has 0 aliphatic carbocycles. The Morgan fingerprint density at radius 1 is 1.18 bits per heavy atom. The number of aliphatic hydroxyl groups is 3. The van der Waals surface area contributed by atoms with Crippen LogP contribution in [0.15, 0.2) is 30.9 Å². The van der Waals surface area contributed by atoms with Crippen LogP contribution in [0.25, 0.3) is 11.2 Å². The zero-order chi connectivity index (χ0) is 19.8. The maximum atomic E-state index is 10.2. The Morgan fingerprint density at radius 3 is 2.75 bits per heavy atom. The Bertz CT molecular complexity index is 994. The number of nitrogens with one attached hydrogen (secondary N) is 1. The normalized spacial score (nSPS) is 24.7. The average molecular weight is 387 g/mol. The van der Waals surface area contributed by atoms with E-state index < -0.39 is 31.1 Å². The summed E-state index contributed by atoms with van der Waals surface area (Å²) in [6.45, 7) is 1.74. The topological polar surface area (TPSA) is 146 Å². The van der Waals surface area contributed by atoms with E-state index in [1.165, 1.54) is 17.2 Å². The molecule has 1 saturated heterocycles. The third-order valence-electron chi connectivity index (χ3n) is 4.92. The van der Waals surface area contributed by atoms with Gasteiger partial charge >= 0.3 is 0 Å². The fourth-order valence-corrected chi connectivity index (χ4v) is 3.32. The van der Waals surface area contributed by atoms with Crippen LogP contribution in [0.1, 0.15) is 17.4 Å². The first-order valence-corrected chi connectivity index (χ1v) is 8.82. The highest BCUT2D eigenvalue weighted by molar-refractivity contribution is 5.82. The third kappa shape index (κ3) is 3.06. The van der Waals surface area contributed by atoms with Crippen LogP contribution in [-0.4, -0.2) is 64.9 Å².